The van der Waals surface area contributed by atoms with Crippen LogP contribution in [0.15, 0.2) is 42.9 Å². The molecule has 0 fully saturated rings. The summed E-state index contributed by atoms with van der Waals surface area (Å²) in [5, 5.41) is 17.3. The maximum atomic E-state index is 11.2. The van der Waals surface area contributed by atoms with Crippen molar-refractivity contribution in [2.75, 3.05) is 0 Å². The van der Waals surface area contributed by atoms with E-state index in [0.717, 1.165) is 10.1 Å². The minimum atomic E-state index is 0.505. The van der Waals surface area contributed by atoms with E-state index >= 15 is 0 Å². The first-order valence-corrected chi connectivity index (χ1v) is 5.93. The Labute approximate surface area is 113 Å². The van der Waals surface area contributed by atoms with E-state index in [1.54, 1.807) is 35.1 Å². The van der Waals surface area contributed by atoms with Gasteiger partial charge in [0.15, 0.2) is 12.4 Å². The molecule has 0 aliphatic heterocycles. The lowest BCUT2D eigenvalue weighted by atomic mass is 10.3. The van der Waals surface area contributed by atoms with Crippen LogP contribution >= 0.6 is 23.2 Å². The topological polar surface area (TPSA) is 44.8 Å². The molecule has 2 aromatic heterocycles. The number of fused-ring (bicyclic) bond motifs is 1. The minimum absolute atomic E-state index is 0.505. The first-order chi connectivity index (χ1) is 8.65. The first-order valence-electron chi connectivity index (χ1n) is 5.18. The van der Waals surface area contributed by atoms with Crippen molar-refractivity contribution in [2.45, 2.75) is 0 Å². The molecule has 90 valence electrons. The van der Waals surface area contributed by atoms with Crippen LogP contribution in [-0.4, -0.2) is 9.78 Å². The second-order valence-corrected chi connectivity index (χ2v) is 4.60. The van der Waals surface area contributed by atoms with Gasteiger partial charge in [-0.15, -0.1) is 0 Å². The van der Waals surface area contributed by atoms with E-state index in [9.17, 15) is 5.21 Å². The molecule has 3 rings (SSSR count). The van der Waals surface area contributed by atoms with Crippen LogP contribution in [0.4, 0.5) is 0 Å². The van der Waals surface area contributed by atoms with Gasteiger partial charge in [-0.2, -0.15) is 9.83 Å². The van der Waals surface area contributed by atoms with Crippen molar-refractivity contribution < 1.29 is 4.73 Å². The minimum Gasteiger partial charge on any atom is -0.619 e. The largest absolute Gasteiger partial charge is 0.619 e. The molecule has 18 heavy (non-hydrogen) atoms. The maximum Gasteiger partial charge on any atom is 0.191 e. The molecule has 0 N–H and O–H groups in total. The van der Waals surface area contributed by atoms with E-state index in [1.807, 2.05) is 0 Å². The average molecular weight is 280 g/mol. The van der Waals surface area contributed by atoms with Crippen LogP contribution in [0.25, 0.3) is 16.6 Å². The van der Waals surface area contributed by atoms with Gasteiger partial charge in [0, 0.05) is 12.3 Å². The smallest absolute Gasteiger partial charge is 0.191 e. The van der Waals surface area contributed by atoms with Crippen molar-refractivity contribution in [3.05, 3.63) is 58.1 Å². The molecule has 0 aliphatic carbocycles. The molecule has 0 saturated heterocycles. The highest BCUT2D eigenvalue weighted by Gasteiger charge is 2.11. The highest BCUT2D eigenvalue weighted by atomic mass is 35.5. The third-order valence-corrected chi connectivity index (χ3v) is 3.19. The van der Waals surface area contributed by atoms with E-state index in [1.165, 1.54) is 12.4 Å². The van der Waals surface area contributed by atoms with E-state index in [-0.39, 0.29) is 0 Å². The standard InChI is InChI=1S/C12H7Cl2N3O/c13-9-2-1-3-10(14)12(9)17-7-8-6-16(18)5-4-11(8)15-17/h1-7H. The van der Waals surface area contributed by atoms with Crippen molar-refractivity contribution in [2.24, 2.45) is 0 Å². The lowest BCUT2D eigenvalue weighted by Gasteiger charge is -2.05. The van der Waals surface area contributed by atoms with Gasteiger partial charge in [-0.3, -0.25) is 0 Å². The maximum absolute atomic E-state index is 11.2. The van der Waals surface area contributed by atoms with Crippen LogP contribution < -0.4 is 4.73 Å². The summed E-state index contributed by atoms with van der Waals surface area (Å²) in [6, 6.07) is 6.89. The Balaban J connectivity index is 2.26. The average Bonchev–Trinajstić information content (AvgIpc) is 2.71. The number of para-hydroxylation sites is 1. The molecule has 0 saturated carbocycles. The number of hydrogen-bond acceptors (Lipinski definition) is 2. The summed E-state index contributed by atoms with van der Waals surface area (Å²) in [5.74, 6) is 0. The lowest BCUT2D eigenvalue weighted by Crippen LogP contribution is -2.23. The summed E-state index contributed by atoms with van der Waals surface area (Å²) in [4.78, 5) is 0. The summed E-state index contributed by atoms with van der Waals surface area (Å²) >= 11 is 12.2. The summed E-state index contributed by atoms with van der Waals surface area (Å²) in [6.45, 7) is 0. The number of hydrogen-bond donors (Lipinski definition) is 0. The summed E-state index contributed by atoms with van der Waals surface area (Å²) < 4.78 is 2.30. The Morgan fingerprint density at radius 3 is 2.61 bits per heavy atom. The van der Waals surface area contributed by atoms with Crippen LogP contribution in [0.5, 0.6) is 0 Å². The second kappa shape index (κ2) is 4.15. The van der Waals surface area contributed by atoms with Gasteiger partial charge in [-0.25, -0.2) is 4.68 Å². The molecule has 0 unspecified atom stereocenters. The molecule has 0 spiro atoms. The van der Waals surface area contributed by atoms with Gasteiger partial charge in [0.1, 0.15) is 11.2 Å². The molecule has 0 amide bonds. The predicted molar refractivity (Wildman–Crippen MR) is 70.1 cm³/mol. The number of benzene rings is 1. The van der Waals surface area contributed by atoms with Gasteiger partial charge in [0.05, 0.1) is 15.4 Å². The van der Waals surface area contributed by atoms with E-state index in [0.29, 0.717) is 21.2 Å². The molecule has 0 bridgehead atoms. The van der Waals surface area contributed by atoms with Gasteiger partial charge >= 0.3 is 0 Å². The molecular formula is C12H7Cl2N3O. The Morgan fingerprint density at radius 1 is 1.17 bits per heavy atom. The fourth-order valence-corrected chi connectivity index (χ4v) is 2.35. The van der Waals surface area contributed by atoms with Crippen LogP contribution in [0.1, 0.15) is 0 Å². The van der Waals surface area contributed by atoms with Crippen molar-refractivity contribution in [1.82, 2.24) is 9.78 Å². The Kier molecular flexibility index (Phi) is 2.61. The zero-order valence-corrected chi connectivity index (χ0v) is 10.6. The number of pyridine rings is 1. The Hall–Kier alpha value is -1.78. The molecule has 6 heteroatoms. The monoisotopic (exact) mass is 279 g/mol. The quantitative estimate of drug-likeness (QED) is 0.508. The molecule has 0 radical (unpaired) electrons. The summed E-state index contributed by atoms with van der Waals surface area (Å²) in [5.41, 5.74) is 1.31. The van der Waals surface area contributed by atoms with Gasteiger partial charge in [0.2, 0.25) is 0 Å². The van der Waals surface area contributed by atoms with E-state index < -0.39 is 0 Å². The highest BCUT2D eigenvalue weighted by molar-refractivity contribution is 6.37. The van der Waals surface area contributed by atoms with Gasteiger partial charge in [-0.05, 0) is 12.1 Å². The van der Waals surface area contributed by atoms with Crippen molar-refractivity contribution in [1.29, 1.82) is 0 Å². The first kappa shape index (κ1) is 11.3. The second-order valence-electron chi connectivity index (χ2n) is 3.79. The number of nitrogens with zero attached hydrogens (tertiary/aromatic N) is 3. The third kappa shape index (κ3) is 1.79. The molecule has 0 aliphatic rings. The molecule has 0 atom stereocenters. The highest BCUT2D eigenvalue weighted by Crippen LogP contribution is 2.28. The van der Waals surface area contributed by atoms with Crippen molar-refractivity contribution in [3.63, 3.8) is 0 Å². The van der Waals surface area contributed by atoms with E-state index in [4.69, 9.17) is 23.2 Å². The van der Waals surface area contributed by atoms with Crippen molar-refractivity contribution in [3.8, 4) is 5.69 Å². The van der Waals surface area contributed by atoms with E-state index in [2.05, 4.69) is 5.10 Å². The zero-order chi connectivity index (χ0) is 12.7. The third-order valence-electron chi connectivity index (χ3n) is 2.58. The van der Waals surface area contributed by atoms with Crippen LogP contribution in [0, 0.1) is 5.21 Å². The number of rotatable bonds is 1. The molecule has 1 aromatic carbocycles. The van der Waals surface area contributed by atoms with Crippen LogP contribution in [0.3, 0.4) is 0 Å². The molecular weight excluding hydrogens is 273 g/mol. The molecule has 2 heterocycles. The van der Waals surface area contributed by atoms with Gasteiger partial charge in [-0.1, -0.05) is 29.3 Å². The summed E-state index contributed by atoms with van der Waals surface area (Å²) in [7, 11) is 0. The van der Waals surface area contributed by atoms with Crippen LogP contribution in [0.2, 0.25) is 10.0 Å². The fourth-order valence-electron chi connectivity index (χ4n) is 1.78. The number of aromatic nitrogens is 3. The van der Waals surface area contributed by atoms with Crippen molar-refractivity contribution >= 4 is 34.1 Å². The van der Waals surface area contributed by atoms with Crippen LogP contribution in [-0.2, 0) is 0 Å². The summed E-state index contributed by atoms with van der Waals surface area (Å²) in [6.07, 6.45) is 4.56. The Morgan fingerprint density at radius 2 is 1.89 bits per heavy atom. The normalized spacial score (nSPS) is 11.0. The molecule has 4 nitrogen and oxygen atoms in total. The predicted octanol–water partition coefficient (Wildman–Crippen LogP) is 2.97. The lowest BCUT2D eigenvalue weighted by molar-refractivity contribution is -0.603. The number of halogens is 2. The Bertz CT molecular complexity index is 719. The van der Waals surface area contributed by atoms with Gasteiger partial charge < -0.3 is 5.21 Å². The van der Waals surface area contributed by atoms with Gasteiger partial charge in [0.25, 0.3) is 0 Å². The zero-order valence-electron chi connectivity index (χ0n) is 9.05. The fraction of sp³-hybridized carbons (Fsp3) is 0. The SMILES string of the molecule is [O-][n+]1ccc2nn(-c3c(Cl)cccc3Cl)cc2c1. The molecule has 3 aromatic rings.